The highest BCUT2D eigenvalue weighted by Crippen LogP contribution is 2.07. The second-order valence-corrected chi connectivity index (χ2v) is 3.51. The van der Waals surface area contributed by atoms with Crippen molar-refractivity contribution in [2.75, 3.05) is 0 Å². The van der Waals surface area contributed by atoms with Crippen molar-refractivity contribution in [2.45, 2.75) is 13.5 Å². The van der Waals surface area contributed by atoms with Gasteiger partial charge in [-0.25, -0.2) is 0 Å². The Morgan fingerprint density at radius 2 is 2.46 bits per heavy atom. The number of aryl methyl sites for hydroxylation is 1. The molecule has 0 aliphatic rings. The van der Waals surface area contributed by atoms with Gasteiger partial charge in [0.1, 0.15) is 6.54 Å². The topological polar surface area (TPSA) is 56.7 Å². The van der Waals surface area contributed by atoms with Crippen LogP contribution in [0.25, 0.3) is 0 Å². The minimum Gasteiger partial charge on any atom is -0.337 e. The monoisotopic (exact) mass is 242 g/mol. The number of rotatable bonds is 2. The largest absolute Gasteiger partial charge is 0.337 e. The van der Waals surface area contributed by atoms with Crippen LogP contribution in [0.1, 0.15) is 11.7 Å². The first-order valence-electron chi connectivity index (χ1n) is 3.71. The first-order valence-corrected chi connectivity index (χ1v) is 4.50. The standard InChI is InChI=1S/C7H7BrN4O/c1-5-10-7(13-11-5)4-12-3-6(8)2-9-12/h2-3H,4H2,1H3. The van der Waals surface area contributed by atoms with Crippen LogP contribution in [0.15, 0.2) is 21.4 Å². The van der Waals surface area contributed by atoms with Crippen molar-refractivity contribution in [3.8, 4) is 0 Å². The van der Waals surface area contributed by atoms with Gasteiger partial charge in [0, 0.05) is 6.20 Å². The zero-order valence-corrected chi connectivity index (χ0v) is 8.52. The van der Waals surface area contributed by atoms with Crippen molar-refractivity contribution in [1.82, 2.24) is 19.9 Å². The highest BCUT2D eigenvalue weighted by atomic mass is 79.9. The molecule has 2 heterocycles. The molecule has 13 heavy (non-hydrogen) atoms. The number of hydrogen-bond acceptors (Lipinski definition) is 4. The third-order valence-electron chi connectivity index (χ3n) is 1.47. The second-order valence-electron chi connectivity index (χ2n) is 2.59. The lowest BCUT2D eigenvalue weighted by molar-refractivity contribution is 0.362. The number of aromatic nitrogens is 4. The molecule has 0 N–H and O–H groups in total. The highest BCUT2D eigenvalue weighted by molar-refractivity contribution is 9.10. The Kier molecular flexibility index (Phi) is 2.13. The predicted molar refractivity (Wildman–Crippen MR) is 48.1 cm³/mol. The molecular formula is C7H7BrN4O. The normalized spacial score (nSPS) is 10.6. The summed E-state index contributed by atoms with van der Waals surface area (Å²) in [6.07, 6.45) is 3.56. The van der Waals surface area contributed by atoms with E-state index >= 15 is 0 Å². The third-order valence-corrected chi connectivity index (χ3v) is 1.88. The van der Waals surface area contributed by atoms with Gasteiger partial charge in [-0.15, -0.1) is 0 Å². The number of nitrogens with zero attached hydrogens (tertiary/aromatic N) is 4. The molecule has 0 unspecified atom stereocenters. The fourth-order valence-electron chi connectivity index (χ4n) is 0.968. The summed E-state index contributed by atoms with van der Waals surface area (Å²) in [4.78, 5) is 4.06. The number of hydrogen-bond donors (Lipinski definition) is 0. The van der Waals surface area contributed by atoms with Gasteiger partial charge < -0.3 is 4.52 Å². The summed E-state index contributed by atoms with van der Waals surface area (Å²) in [6, 6.07) is 0. The lowest BCUT2D eigenvalue weighted by Gasteiger charge is -1.92. The van der Waals surface area contributed by atoms with Gasteiger partial charge in [0.15, 0.2) is 5.82 Å². The Hall–Kier alpha value is -1.17. The fourth-order valence-corrected chi connectivity index (χ4v) is 1.30. The zero-order chi connectivity index (χ0) is 9.26. The first-order chi connectivity index (χ1) is 6.24. The van der Waals surface area contributed by atoms with E-state index in [1.165, 1.54) is 0 Å². The Balaban J connectivity index is 2.14. The van der Waals surface area contributed by atoms with Gasteiger partial charge in [-0.05, 0) is 22.9 Å². The molecule has 0 atom stereocenters. The maximum absolute atomic E-state index is 4.94. The molecular weight excluding hydrogens is 236 g/mol. The van der Waals surface area contributed by atoms with Crippen LogP contribution in [0.2, 0.25) is 0 Å². The van der Waals surface area contributed by atoms with E-state index in [0.717, 1.165) is 4.47 Å². The SMILES string of the molecule is Cc1noc(Cn2cc(Br)cn2)n1. The van der Waals surface area contributed by atoms with Crippen LogP contribution in [0.3, 0.4) is 0 Å². The smallest absolute Gasteiger partial charge is 0.248 e. The van der Waals surface area contributed by atoms with Gasteiger partial charge in [0.25, 0.3) is 0 Å². The average Bonchev–Trinajstić information content (AvgIpc) is 2.62. The Morgan fingerprint density at radius 1 is 1.62 bits per heavy atom. The molecule has 0 amide bonds. The number of halogens is 1. The molecule has 0 aliphatic carbocycles. The van der Waals surface area contributed by atoms with Crippen molar-refractivity contribution < 1.29 is 4.52 Å². The van der Waals surface area contributed by atoms with Crippen molar-refractivity contribution in [1.29, 1.82) is 0 Å². The van der Waals surface area contributed by atoms with Crippen LogP contribution in [0.5, 0.6) is 0 Å². The van der Waals surface area contributed by atoms with E-state index in [4.69, 9.17) is 4.52 Å². The maximum atomic E-state index is 4.94. The van der Waals surface area contributed by atoms with Gasteiger partial charge in [-0.1, -0.05) is 5.16 Å². The van der Waals surface area contributed by atoms with E-state index in [0.29, 0.717) is 18.3 Å². The van der Waals surface area contributed by atoms with Gasteiger partial charge in [0.05, 0.1) is 10.7 Å². The van der Waals surface area contributed by atoms with Crippen LogP contribution in [-0.2, 0) is 6.54 Å². The van der Waals surface area contributed by atoms with Crippen LogP contribution in [0, 0.1) is 6.92 Å². The van der Waals surface area contributed by atoms with Crippen molar-refractivity contribution in [3.63, 3.8) is 0 Å². The lowest BCUT2D eigenvalue weighted by atomic mass is 10.6. The van der Waals surface area contributed by atoms with E-state index in [1.54, 1.807) is 17.8 Å². The van der Waals surface area contributed by atoms with Crippen molar-refractivity contribution >= 4 is 15.9 Å². The van der Waals surface area contributed by atoms with Crippen LogP contribution in [-0.4, -0.2) is 19.9 Å². The van der Waals surface area contributed by atoms with Gasteiger partial charge in [-0.3, -0.25) is 4.68 Å². The fraction of sp³-hybridized carbons (Fsp3) is 0.286. The Bertz CT molecular complexity index is 370. The maximum Gasteiger partial charge on any atom is 0.248 e. The Morgan fingerprint density at radius 3 is 3.00 bits per heavy atom. The minimum absolute atomic E-state index is 0.506. The molecule has 2 rings (SSSR count). The molecule has 2 aromatic rings. The third kappa shape index (κ3) is 1.95. The molecule has 2 aromatic heterocycles. The molecule has 5 nitrogen and oxygen atoms in total. The first kappa shape index (κ1) is 8.43. The van der Waals surface area contributed by atoms with Crippen LogP contribution in [0.4, 0.5) is 0 Å². The summed E-state index contributed by atoms with van der Waals surface area (Å²) in [5, 5.41) is 7.74. The summed E-state index contributed by atoms with van der Waals surface area (Å²) in [5.74, 6) is 1.20. The molecule has 0 saturated carbocycles. The molecule has 0 bridgehead atoms. The summed E-state index contributed by atoms with van der Waals surface area (Å²) in [7, 11) is 0. The van der Waals surface area contributed by atoms with Crippen molar-refractivity contribution in [2.24, 2.45) is 0 Å². The molecule has 0 spiro atoms. The molecule has 0 fully saturated rings. The Labute approximate surface area is 82.9 Å². The quantitative estimate of drug-likeness (QED) is 0.799. The second kappa shape index (κ2) is 3.29. The predicted octanol–water partition coefficient (Wildman–Crippen LogP) is 1.39. The van der Waals surface area contributed by atoms with Crippen molar-refractivity contribution in [3.05, 3.63) is 28.6 Å². The molecule has 0 saturated heterocycles. The summed E-state index contributed by atoms with van der Waals surface area (Å²) in [5.41, 5.74) is 0. The van der Waals surface area contributed by atoms with Crippen LogP contribution < -0.4 is 0 Å². The van der Waals surface area contributed by atoms with Gasteiger partial charge in [0.2, 0.25) is 5.89 Å². The molecule has 0 aliphatic heterocycles. The van der Waals surface area contributed by atoms with E-state index < -0.39 is 0 Å². The van der Waals surface area contributed by atoms with E-state index in [2.05, 4.69) is 31.2 Å². The van der Waals surface area contributed by atoms with E-state index in [-0.39, 0.29) is 0 Å². The van der Waals surface area contributed by atoms with E-state index in [1.807, 2.05) is 6.20 Å². The molecule has 6 heteroatoms. The average molecular weight is 243 g/mol. The molecule has 68 valence electrons. The van der Waals surface area contributed by atoms with E-state index in [9.17, 15) is 0 Å². The van der Waals surface area contributed by atoms with Crippen LogP contribution >= 0.6 is 15.9 Å². The van der Waals surface area contributed by atoms with Gasteiger partial charge >= 0.3 is 0 Å². The summed E-state index contributed by atoms with van der Waals surface area (Å²) >= 11 is 3.30. The highest BCUT2D eigenvalue weighted by Gasteiger charge is 2.03. The van der Waals surface area contributed by atoms with Gasteiger partial charge in [-0.2, -0.15) is 10.1 Å². The summed E-state index contributed by atoms with van der Waals surface area (Å²) < 4.78 is 7.59. The molecule has 0 radical (unpaired) electrons. The lowest BCUT2D eigenvalue weighted by Crippen LogP contribution is -1.99. The minimum atomic E-state index is 0.506. The summed E-state index contributed by atoms with van der Waals surface area (Å²) in [6.45, 7) is 2.29. The zero-order valence-electron chi connectivity index (χ0n) is 6.94. The molecule has 0 aromatic carbocycles.